The molecule has 0 amide bonds. The van der Waals surface area contributed by atoms with Gasteiger partial charge >= 0.3 is 0 Å². The van der Waals surface area contributed by atoms with E-state index in [2.05, 4.69) is 53.4 Å². The summed E-state index contributed by atoms with van der Waals surface area (Å²) in [7, 11) is 0. The maximum atomic E-state index is 4.32. The van der Waals surface area contributed by atoms with Gasteiger partial charge in [-0.1, -0.05) is 25.1 Å². The molecular formula is C14H17N3. The molecule has 17 heavy (non-hydrogen) atoms. The quantitative estimate of drug-likeness (QED) is 0.872. The highest BCUT2D eigenvalue weighted by atomic mass is 15.0. The zero-order valence-electron chi connectivity index (χ0n) is 10.3. The Bertz CT molecular complexity index is 494. The third-order valence-corrected chi connectivity index (χ3v) is 2.66. The van der Waals surface area contributed by atoms with Gasteiger partial charge in [-0.15, -0.1) is 0 Å². The molecule has 0 saturated heterocycles. The lowest BCUT2D eigenvalue weighted by Gasteiger charge is -2.06. The van der Waals surface area contributed by atoms with Gasteiger partial charge in [-0.2, -0.15) is 0 Å². The first-order valence-corrected chi connectivity index (χ1v) is 5.98. The van der Waals surface area contributed by atoms with Crippen molar-refractivity contribution in [2.75, 3.05) is 11.9 Å². The minimum absolute atomic E-state index is 0.867. The van der Waals surface area contributed by atoms with Crippen molar-refractivity contribution in [2.24, 2.45) is 0 Å². The van der Waals surface area contributed by atoms with Crippen molar-refractivity contribution in [1.82, 2.24) is 9.97 Å². The standard InChI is InChI=1S/C14H17N3/c1-3-11-6-5-7-12(8-11)13-9-14(15-4-2)17-10-16-13/h5-10H,3-4H2,1-2H3,(H,15,16,17). The summed E-state index contributed by atoms with van der Waals surface area (Å²) in [6, 6.07) is 10.5. The fourth-order valence-corrected chi connectivity index (χ4v) is 1.74. The summed E-state index contributed by atoms with van der Waals surface area (Å²) in [5.41, 5.74) is 3.43. The summed E-state index contributed by atoms with van der Waals surface area (Å²) < 4.78 is 0. The number of hydrogen-bond donors (Lipinski definition) is 1. The maximum Gasteiger partial charge on any atom is 0.129 e. The van der Waals surface area contributed by atoms with Crippen molar-refractivity contribution >= 4 is 5.82 Å². The van der Waals surface area contributed by atoms with Crippen LogP contribution >= 0.6 is 0 Å². The van der Waals surface area contributed by atoms with Gasteiger partial charge in [0.15, 0.2) is 0 Å². The fraction of sp³-hybridized carbons (Fsp3) is 0.286. The Morgan fingerprint density at radius 2 is 2.00 bits per heavy atom. The van der Waals surface area contributed by atoms with Gasteiger partial charge in [-0.05, 0) is 25.0 Å². The SMILES string of the molecule is CCNc1cc(-c2cccc(CC)c2)ncn1. The Hall–Kier alpha value is -1.90. The average molecular weight is 227 g/mol. The molecule has 0 spiro atoms. The molecular weight excluding hydrogens is 210 g/mol. The summed E-state index contributed by atoms with van der Waals surface area (Å²) in [6.07, 6.45) is 2.64. The monoisotopic (exact) mass is 227 g/mol. The Morgan fingerprint density at radius 3 is 2.76 bits per heavy atom. The topological polar surface area (TPSA) is 37.8 Å². The van der Waals surface area contributed by atoms with E-state index in [1.54, 1.807) is 6.33 Å². The molecule has 0 saturated carbocycles. The smallest absolute Gasteiger partial charge is 0.129 e. The molecule has 3 nitrogen and oxygen atoms in total. The number of aromatic nitrogens is 2. The summed E-state index contributed by atoms with van der Waals surface area (Å²) in [5.74, 6) is 0.874. The third-order valence-electron chi connectivity index (χ3n) is 2.66. The van der Waals surface area contributed by atoms with Gasteiger partial charge in [0.25, 0.3) is 0 Å². The van der Waals surface area contributed by atoms with E-state index in [0.717, 1.165) is 30.0 Å². The van der Waals surface area contributed by atoms with E-state index in [0.29, 0.717) is 0 Å². The molecule has 0 unspecified atom stereocenters. The second-order valence-electron chi connectivity index (χ2n) is 3.87. The number of hydrogen-bond acceptors (Lipinski definition) is 3. The van der Waals surface area contributed by atoms with Crippen LogP contribution in [0.25, 0.3) is 11.3 Å². The molecule has 0 atom stereocenters. The second kappa shape index (κ2) is 5.43. The largest absolute Gasteiger partial charge is 0.370 e. The van der Waals surface area contributed by atoms with Gasteiger partial charge in [-0.3, -0.25) is 0 Å². The number of aryl methyl sites for hydroxylation is 1. The molecule has 3 heteroatoms. The lowest BCUT2D eigenvalue weighted by Crippen LogP contribution is -1.99. The molecule has 0 fully saturated rings. The number of anilines is 1. The predicted octanol–water partition coefficient (Wildman–Crippen LogP) is 3.14. The van der Waals surface area contributed by atoms with E-state index >= 15 is 0 Å². The van der Waals surface area contributed by atoms with E-state index in [1.807, 2.05) is 6.07 Å². The molecule has 0 aliphatic carbocycles. The van der Waals surface area contributed by atoms with Crippen molar-refractivity contribution in [2.45, 2.75) is 20.3 Å². The van der Waals surface area contributed by atoms with Gasteiger partial charge < -0.3 is 5.32 Å². The molecule has 1 aromatic heterocycles. The molecule has 0 aliphatic heterocycles. The Balaban J connectivity index is 2.34. The van der Waals surface area contributed by atoms with Crippen molar-refractivity contribution in [3.05, 3.63) is 42.2 Å². The first-order chi connectivity index (χ1) is 8.33. The van der Waals surface area contributed by atoms with E-state index < -0.39 is 0 Å². The molecule has 2 aromatic rings. The van der Waals surface area contributed by atoms with Crippen LogP contribution in [-0.4, -0.2) is 16.5 Å². The lowest BCUT2D eigenvalue weighted by atomic mass is 10.1. The minimum atomic E-state index is 0.867. The van der Waals surface area contributed by atoms with Crippen LogP contribution in [-0.2, 0) is 6.42 Å². The van der Waals surface area contributed by atoms with Crippen LogP contribution in [0.2, 0.25) is 0 Å². The van der Waals surface area contributed by atoms with Gasteiger partial charge in [0.1, 0.15) is 12.1 Å². The zero-order chi connectivity index (χ0) is 12.1. The van der Waals surface area contributed by atoms with Crippen molar-refractivity contribution in [3.63, 3.8) is 0 Å². The Morgan fingerprint density at radius 1 is 1.12 bits per heavy atom. The second-order valence-corrected chi connectivity index (χ2v) is 3.87. The van der Waals surface area contributed by atoms with Gasteiger partial charge in [0.2, 0.25) is 0 Å². The van der Waals surface area contributed by atoms with E-state index in [9.17, 15) is 0 Å². The number of rotatable bonds is 4. The van der Waals surface area contributed by atoms with Crippen molar-refractivity contribution in [1.29, 1.82) is 0 Å². The van der Waals surface area contributed by atoms with E-state index in [-0.39, 0.29) is 0 Å². The summed E-state index contributed by atoms with van der Waals surface area (Å²) >= 11 is 0. The molecule has 0 aliphatic rings. The molecule has 0 radical (unpaired) electrons. The lowest BCUT2D eigenvalue weighted by molar-refractivity contribution is 1.11. The normalized spacial score (nSPS) is 10.2. The van der Waals surface area contributed by atoms with E-state index in [4.69, 9.17) is 0 Å². The van der Waals surface area contributed by atoms with Crippen LogP contribution in [0.5, 0.6) is 0 Å². The summed E-state index contributed by atoms with van der Waals surface area (Å²) in [6.45, 7) is 5.08. The van der Waals surface area contributed by atoms with E-state index in [1.165, 1.54) is 5.56 Å². The molecule has 0 bridgehead atoms. The zero-order valence-corrected chi connectivity index (χ0v) is 10.3. The highest BCUT2D eigenvalue weighted by Crippen LogP contribution is 2.20. The number of benzene rings is 1. The Kier molecular flexibility index (Phi) is 3.70. The molecule has 2 rings (SSSR count). The number of nitrogens with one attached hydrogen (secondary N) is 1. The Labute approximate surface area is 102 Å². The van der Waals surface area contributed by atoms with Crippen LogP contribution in [0.1, 0.15) is 19.4 Å². The van der Waals surface area contributed by atoms with Crippen LogP contribution in [0, 0.1) is 0 Å². The third kappa shape index (κ3) is 2.81. The predicted molar refractivity (Wildman–Crippen MR) is 71.0 cm³/mol. The maximum absolute atomic E-state index is 4.32. The first kappa shape index (κ1) is 11.6. The van der Waals surface area contributed by atoms with Crippen LogP contribution in [0.15, 0.2) is 36.7 Å². The fourth-order valence-electron chi connectivity index (χ4n) is 1.74. The highest BCUT2D eigenvalue weighted by molar-refractivity contribution is 5.62. The molecule has 1 N–H and O–H groups in total. The summed E-state index contributed by atoms with van der Waals surface area (Å²) in [5, 5.41) is 3.20. The van der Waals surface area contributed by atoms with Crippen molar-refractivity contribution in [3.8, 4) is 11.3 Å². The minimum Gasteiger partial charge on any atom is -0.370 e. The summed E-state index contributed by atoms with van der Waals surface area (Å²) in [4.78, 5) is 8.49. The van der Waals surface area contributed by atoms with Gasteiger partial charge in [0, 0.05) is 18.2 Å². The van der Waals surface area contributed by atoms with Gasteiger partial charge in [-0.25, -0.2) is 9.97 Å². The van der Waals surface area contributed by atoms with Crippen LogP contribution < -0.4 is 5.32 Å². The van der Waals surface area contributed by atoms with Crippen LogP contribution in [0.4, 0.5) is 5.82 Å². The molecule has 88 valence electrons. The highest BCUT2D eigenvalue weighted by Gasteiger charge is 2.02. The molecule has 1 heterocycles. The first-order valence-electron chi connectivity index (χ1n) is 5.98. The van der Waals surface area contributed by atoms with Crippen molar-refractivity contribution < 1.29 is 0 Å². The number of nitrogens with zero attached hydrogens (tertiary/aromatic N) is 2. The molecule has 1 aromatic carbocycles. The average Bonchev–Trinajstić information content (AvgIpc) is 2.40. The van der Waals surface area contributed by atoms with Gasteiger partial charge in [0.05, 0.1) is 5.69 Å². The van der Waals surface area contributed by atoms with Crippen LogP contribution in [0.3, 0.4) is 0 Å².